The first kappa shape index (κ1) is 28.5. The van der Waals surface area contributed by atoms with Crippen LogP contribution < -0.4 is 10.0 Å². The summed E-state index contributed by atoms with van der Waals surface area (Å²) in [6.07, 6.45) is 13.6. The third-order valence-electron chi connectivity index (χ3n) is 6.56. The highest BCUT2D eigenvalue weighted by Crippen LogP contribution is 2.37. The van der Waals surface area contributed by atoms with Crippen LogP contribution >= 0.6 is 11.9 Å². The molecule has 4 rings (SSSR count). The number of hydrogen-bond acceptors (Lipinski definition) is 6. The van der Waals surface area contributed by atoms with Crippen molar-refractivity contribution in [3.63, 3.8) is 0 Å². The van der Waals surface area contributed by atoms with E-state index in [1.54, 1.807) is 12.1 Å². The number of nitrogens with one attached hydrogen (secondary N) is 2. The maximum atomic E-state index is 13.5. The summed E-state index contributed by atoms with van der Waals surface area (Å²) in [5.41, 5.74) is 5.60. The van der Waals surface area contributed by atoms with Gasteiger partial charge in [0.05, 0.1) is 5.69 Å². The third kappa shape index (κ3) is 8.25. The number of nitrogens with zero attached hydrogens (tertiary/aromatic N) is 3. The minimum atomic E-state index is -0.855. The molecule has 0 saturated heterocycles. The first-order chi connectivity index (χ1) is 18.9. The van der Waals surface area contributed by atoms with Crippen LogP contribution in [0.5, 0.6) is 0 Å². The second-order valence-corrected chi connectivity index (χ2v) is 10.7. The zero-order valence-electron chi connectivity index (χ0n) is 22.5. The Labute approximate surface area is 234 Å². The van der Waals surface area contributed by atoms with Gasteiger partial charge in [0.25, 0.3) is 0 Å². The van der Waals surface area contributed by atoms with Gasteiger partial charge in [-0.3, -0.25) is 0 Å². The fourth-order valence-electron chi connectivity index (χ4n) is 4.48. The average molecular weight is 548 g/mol. The summed E-state index contributed by atoms with van der Waals surface area (Å²) in [4.78, 5) is 12.2. The number of halogens is 2. The van der Waals surface area contributed by atoms with E-state index in [1.807, 2.05) is 30.5 Å². The molecule has 1 heterocycles. The van der Waals surface area contributed by atoms with E-state index in [0.29, 0.717) is 10.8 Å². The van der Waals surface area contributed by atoms with Crippen molar-refractivity contribution in [2.75, 3.05) is 37.2 Å². The van der Waals surface area contributed by atoms with Gasteiger partial charge in [-0.15, -0.1) is 0 Å². The monoisotopic (exact) mass is 547 g/mol. The minimum Gasteiger partial charge on any atom is -0.354 e. The Balaban J connectivity index is 1.44. The molecule has 2 aromatic carbocycles. The first-order valence-corrected chi connectivity index (χ1v) is 13.9. The van der Waals surface area contributed by atoms with Crippen LogP contribution in [-0.2, 0) is 12.8 Å². The van der Waals surface area contributed by atoms with E-state index in [2.05, 4.69) is 58.8 Å². The Kier molecular flexibility index (Phi) is 10.3. The van der Waals surface area contributed by atoms with Crippen molar-refractivity contribution in [1.82, 2.24) is 14.9 Å². The molecule has 0 spiro atoms. The highest BCUT2D eigenvalue weighted by atomic mass is 32.2. The normalized spacial score (nSPS) is 16.0. The van der Waals surface area contributed by atoms with Crippen LogP contribution in [0.3, 0.4) is 0 Å². The van der Waals surface area contributed by atoms with E-state index in [9.17, 15) is 8.78 Å². The number of unbranched alkanes of at least 4 members (excludes halogenated alkanes) is 1. The highest BCUT2D eigenvalue weighted by Gasteiger charge is 2.26. The van der Waals surface area contributed by atoms with Crippen molar-refractivity contribution in [1.29, 1.82) is 0 Å². The van der Waals surface area contributed by atoms with Crippen LogP contribution in [-0.4, -0.2) is 42.1 Å². The first-order valence-electron chi connectivity index (χ1n) is 13.1. The molecule has 1 aliphatic carbocycles. The molecule has 2 N–H and O–H groups in total. The van der Waals surface area contributed by atoms with Gasteiger partial charge in [-0.2, -0.15) is 0 Å². The second kappa shape index (κ2) is 14.1. The fraction of sp³-hybridized carbons (Fsp3) is 0.290. The lowest BCUT2D eigenvalue weighted by Crippen LogP contribution is -2.19. The number of benzene rings is 2. The number of fused-ring (bicyclic) bond motifs is 1. The van der Waals surface area contributed by atoms with Gasteiger partial charge in [-0.1, -0.05) is 48.6 Å². The summed E-state index contributed by atoms with van der Waals surface area (Å²) in [6, 6.07) is 12.1. The van der Waals surface area contributed by atoms with Crippen molar-refractivity contribution in [3.05, 3.63) is 114 Å². The largest absolute Gasteiger partial charge is 0.354 e. The molecule has 5 nitrogen and oxygen atoms in total. The Morgan fingerprint density at radius 3 is 2.64 bits per heavy atom. The zero-order valence-corrected chi connectivity index (χ0v) is 23.3. The molecule has 1 aromatic heterocycles. The maximum Gasteiger partial charge on any atom is 0.222 e. The minimum absolute atomic E-state index is 0.202. The molecule has 39 heavy (non-hydrogen) atoms. The van der Waals surface area contributed by atoms with Crippen molar-refractivity contribution < 1.29 is 8.78 Å². The van der Waals surface area contributed by atoms with Crippen molar-refractivity contribution in [3.8, 4) is 0 Å². The third-order valence-corrected chi connectivity index (χ3v) is 7.39. The van der Waals surface area contributed by atoms with Crippen LogP contribution in [0.1, 0.15) is 35.6 Å². The molecule has 0 fully saturated rings. The Bertz CT molecular complexity index is 1320. The average Bonchev–Trinajstić information content (AvgIpc) is 2.93. The van der Waals surface area contributed by atoms with Gasteiger partial charge in [-0.25, -0.2) is 18.7 Å². The van der Waals surface area contributed by atoms with E-state index >= 15 is 0 Å². The van der Waals surface area contributed by atoms with Gasteiger partial charge in [-0.05, 0) is 93.3 Å². The van der Waals surface area contributed by atoms with E-state index in [4.69, 9.17) is 4.98 Å². The maximum absolute atomic E-state index is 13.5. The molecule has 0 aliphatic heterocycles. The van der Waals surface area contributed by atoms with Crippen molar-refractivity contribution in [2.45, 2.75) is 36.5 Å². The molecule has 1 unspecified atom stereocenters. The molecule has 1 aliphatic rings. The van der Waals surface area contributed by atoms with Gasteiger partial charge in [0.2, 0.25) is 5.95 Å². The molecule has 3 aromatic rings. The molecule has 0 bridgehead atoms. The summed E-state index contributed by atoms with van der Waals surface area (Å²) < 4.78 is 29.9. The number of anilines is 2. The Morgan fingerprint density at radius 1 is 1.08 bits per heavy atom. The SMILES string of the molecule is C=C/C=C\C=C1/Cc2nc(NCCCCN(C)C)ncc2CC1c1ccc(NSc2ccc(F)c(F)c2)cc1. The predicted octanol–water partition coefficient (Wildman–Crippen LogP) is 7.18. The van der Waals surface area contributed by atoms with Gasteiger partial charge in [0, 0.05) is 35.7 Å². The standard InChI is InChI=1S/C31H35F2N5S/c1-4-5-6-9-23-19-30-24(21-35-31(36-30)34-16-7-8-17-38(2)3)18-27(23)22-10-12-25(13-11-22)37-39-26-14-15-28(32)29(33)20-26/h4-6,9-15,20-21,27,37H,1,7-8,16-19H2,2-3H3,(H,34,35,36)/b6-5-,23-9+. The van der Waals surface area contributed by atoms with E-state index in [1.165, 1.54) is 34.7 Å². The molecule has 204 valence electrons. The van der Waals surface area contributed by atoms with Gasteiger partial charge in [0.15, 0.2) is 11.6 Å². The Hall–Kier alpha value is -3.49. The van der Waals surface area contributed by atoms with E-state index < -0.39 is 11.6 Å². The highest BCUT2D eigenvalue weighted by molar-refractivity contribution is 8.00. The topological polar surface area (TPSA) is 53.1 Å². The zero-order chi connectivity index (χ0) is 27.6. The van der Waals surface area contributed by atoms with Crippen molar-refractivity contribution >= 4 is 23.6 Å². The smallest absolute Gasteiger partial charge is 0.222 e. The number of allylic oxidation sites excluding steroid dienone is 5. The van der Waals surface area contributed by atoms with Crippen LogP contribution in [0, 0.1) is 11.6 Å². The number of rotatable bonds is 12. The number of hydrogen-bond donors (Lipinski definition) is 2. The van der Waals surface area contributed by atoms with Crippen LogP contribution in [0.15, 0.2) is 90.0 Å². The molecular formula is C31H35F2N5S. The summed E-state index contributed by atoms with van der Waals surface area (Å²) in [7, 11) is 4.18. The van der Waals surface area contributed by atoms with E-state index in [0.717, 1.165) is 56.2 Å². The van der Waals surface area contributed by atoms with Crippen LogP contribution in [0.2, 0.25) is 0 Å². The predicted molar refractivity (Wildman–Crippen MR) is 158 cm³/mol. The van der Waals surface area contributed by atoms with E-state index in [-0.39, 0.29) is 5.92 Å². The molecule has 0 radical (unpaired) electrons. The molecular weight excluding hydrogens is 512 g/mol. The summed E-state index contributed by atoms with van der Waals surface area (Å²) in [5.74, 6) is -0.815. The second-order valence-electron chi connectivity index (χ2n) is 9.80. The quantitative estimate of drug-likeness (QED) is 0.142. The van der Waals surface area contributed by atoms with Crippen LogP contribution in [0.25, 0.3) is 0 Å². The molecule has 1 atom stereocenters. The summed E-state index contributed by atoms with van der Waals surface area (Å²) in [6.45, 7) is 5.71. The molecule has 0 saturated carbocycles. The lowest BCUT2D eigenvalue weighted by molar-refractivity contribution is 0.396. The van der Waals surface area contributed by atoms with Gasteiger partial charge >= 0.3 is 0 Å². The Morgan fingerprint density at radius 2 is 1.90 bits per heavy atom. The lowest BCUT2D eigenvalue weighted by atomic mass is 9.78. The molecule has 0 amide bonds. The molecule has 8 heteroatoms. The fourth-order valence-corrected chi connectivity index (χ4v) is 5.15. The van der Waals surface area contributed by atoms with Gasteiger partial charge < -0.3 is 14.9 Å². The number of aromatic nitrogens is 2. The lowest BCUT2D eigenvalue weighted by Gasteiger charge is -2.28. The van der Waals surface area contributed by atoms with Gasteiger partial charge in [0.1, 0.15) is 0 Å². The van der Waals surface area contributed by atoms with Crippen LogP contribution in [0.4, 0.5) is 20.4 Å². The summed E-state index contributed by atoms with van der Waals surface area (Å²) in [5, 5.41) is 3.38. The van der Waals surface area contributed by atoms with Crippen molar-refractivity contribution in [2.24, 2.45) is 0 Å². The summed E-state index contributed by atoms with van der Waals surface area (Å²) >= 11 is 1.24.